The lowest BCUT2D eigenvalue weighted by Crippen LogP contribution is -2.25. The maximum absolute atomic E-state index is 5.60. The van der Waals surface area contributed by atoms with Crippen LogP contribution in [0, 0.1) is 0 Å². The smallest absolute Gasteiger partial charge is 0.163 e. The van der Waals surface area contributed by atoms with Crippen molar-refractivity contribution < 1.29 is 14.2 Å². The van der Waals surface area contributed by atoms with Crippen LogP contribution >= 0.6 is 0 Å². The minimum Gasteiger partial charge on any atom is -0.489 e. The van der Waals surface area contributed by atoms with Crippen molar-refractivity contribution >= 4 is 0 Å². The molecular weight excluding hydrogens is 194 g/mol. The molecule has 0 N–H and O–H groups in total. The fourth-order valence-corrected chi connectivity index (χ4v) is 1.47. The summed E-state index contributed by atoms with van der Waals surface area (Å²) in [5, 5.41) is 0. The molecule has 4 nitrogen and oxygen atoms in total. The van der Waals surface area contributed by atoms with E-state index in [1.54, 1.807) is 12.4 Å². The molecule has 15 heavy (non-hydrogen) atoms. The van der Waals surface area contributed by atoms with Crippen molar-refractivity contribution in [2.24, 2.45) is 0 Å². The highest BCUT2D eigenvalue weighted by Gasteiger charge is 2.32. The van der Waals surface area contributed by atoms with Gasteiger partial charge in [-0.05, 0) is 26.0 Å². The van der Waals surface area contributed by atoms with E-state index < -0.39 is 5.79 Å². The molecule has 1 saturated heterocycles. The van der Waals surface area contributed by atoms with Gasteiger partial charge in [0.15, 0.2) is 5.79 Å². The molecule has 4 heteroatoms. The maximum atomic E-state index is 5.60. The second-order valence-corrected chi connectivity index (χ2v) is 3.95. The summed E-state index contributed by atoms with van der Waals surface area (Å²) >= 11 is 0. The van der Waals surface area contributed by atoms with Gasteiger partial charge < -0.3 is 14.2 Å². The lowest BCUT2D eigenvalue weighted by Gasteiger charge is -2.17. The van der Waals surface area contributed by atoms with Crippen molar-refractivity contribution in [1.82, 2.24) is 4.98 Å². The Kier molecular flexibility index (Phi) is 2.88. The van der Waals surface area contributed by atoms with Gasteiger partial charge in [0.1, 0.15) is 18.5 Å². The molecule has 0 bridgehead atoms. The molecule has 0 spiro atoms. The third-order valence-electron chi connectivity index (χ3n) is 2.14. The molecule has 1 aliphatic rings. The average molecular weight is 209 g/mol. The Hall–Kier alpha value is -1.13. The average Bonchev–Trinajstić information content (AvgIpc) is 2.57. The quantitative estimate of drug-likeness (QED) is 0.758. The lowest BCUT2D eigenvalue weighted by molar-refractivity contribution is -0.141. The van der Waals surface area contributed by atoms with Crippen LogP contribution in [0.1, 0.15) is 13.8 Å². The fraction of sp³-hybridized carbons (Fsp3) is 0.545. The van der Waals surface area contributed by atoms with Crippen molar-refractivity contribution in [2.45, 2.75) is 25.7 Å². The summed E-state index contributed by atoms with van der Waals surface area (Å²) < 4.78 is 16.5. The highest BCUT2D eigenvalue weighted by Crippen LogP contribution is 2.22. The number of ether oxygens (including phenoxy) is 3. The van der Waals surface area contributed by atoms with E-state index in [9.17, 15) is 0 Å². The van der Waals surface area contributed by atoms with Gasteiger partial charge in [0, 0.05) is 6.20 Å². The largest absolute Gasteiger partial charge is 0.489 e. The molecular formula is C11H15NO3. The maximum Gasteiger partial charge on any atom is 0.163 e. The highest BCUT2D eigenvalue weighted by molar-refractivity contribution is 5.15. The molecule has 0 radical (unpaired) electrons. The molecule has 0 aliphatic carbocycles. The third kappa shape index (κ3) is 2.91. The summed E-state index contributed by atoms with van der Waals surface area (Å²) in [7, 11) is 0. The summed E-state index contributed by atoms with van der Waals surface area (Å²) in [6.45, 7) is 4.87. The molecule has 2 heterocycles. The van der Waals surface area contributed by atoms with Crippen LogP contribution < -0.4 is 4.74 Å². The monoisotopic (exact) mass is 209 g/mol. The van der Waals surface area contributed by atoms with Gasteiger partial charge >= 0.3 is 0 Å². The molecule has 1 aromatic heterocycles. The Morgan fingerprint density at radius 3 is 3.07 bits per heavy atom. The van der Waals surface area contributed by atoms with Crippen LogP contribution in [0.4, 0.5) is 0 Å². The van der Waals surface area contributed by atoms with E-state index >= 15 is 0 Å². The predicted octanol–water partition coefficient (Wildman–Crippen LogP) is 1.61. The summed E-state index contributed by atoms with van der Waals surface area (Å²) in [5.41, 5.74) is 0. The Morgan fingerprint density at radius 2 is 2.47 bits per heavy atom. The number of nitrogens with zero attached hydrogens (tertiary/aromatic N) is 1. The molecule has 0 unspecified atom stereocenters. The van der Waals surface area contributed by atoms with Crippen molar-refractivity contribution in [3.63, 3.8) is 0 Å². The first-order valence-corrected chi connectivity index (χ1v) is 5.00. The van der Waals surface area contributed by atoms with Crippen molar-refractivity contribution in [3.05, 3.63) is 24.5 Å². The molecule has 1 atom stereocenters. The van der Waals surface area contributed by atoms with Gasteiger partial charge in [-0.3, -0.25) is 4.98 Å². The Morgan fingerprint density at radius 1 is 1.60 bits per heavy atom. The summed E-state index contributed by atoms with van der Waals surface area (Å²) in [5.74, 6) is 0.272. The third-order valence-corrected chi connectivity index (χ3v) is 2.14. The van der Waals surface area contributed by atoms with E-state index in [0.717, 1.165) is 5.75 Å². The van der Waals surface area contributed by atoms with E-state index in [0.29, 0.717) is 13.2 Å². The van der Waals surface area contributed by atoms with Gasteiger partial charge in [0.2, 0.25) is 0 Å². The molecule has 2 rings (SSSR count). The molecule has 1 fully saturated rings. The summed E-state index contributed by atoms with van der Waals surface area (Å²) in [6, 6.07) is 3.71. The van der Waals surface area contributed by atoms with Crippen LogP contribution in [0.3, 0.4) is 0 Å². The highest BCUT2D eigenvalue weighted by atomic mass is 16.7. The van der Waals surface area contributed by atoms with E-state index in [1.165, 1.54) is 0 Å². The first-order chi connectivity index (χ1) is 7.16. The fourth-order valence-electron chi connectivity index (χ4n) is 1.47. The van der Waals surface area contributed by atoms with Crippen molar-refractivity contribution in [2.75, 3.05) is 13.2 Å². The Bertz CT molecular complexity index is 313. The Balaban J connectivity index is 1.80. The van der Waals surface area contributed by atoms with E-state index in [-0.39, 0.29) is 6.10 Å². The molecule has 0 saturated carbocycles. The number of hydrogen-bond acceptors (Lipinski definition) is 4. The minimum absolute atomic E-state index is 0.000191. The number of rotatable bonds is 3. The molecule has 0 amide bonds. The van der Waals surface area contributed by atoms with Crippen LogP contribution in [0.25, 0.3) is 0 Å². The summed E-state index contributed by atoms with van der Waals surface area (Å²) in [4.78, 5) is 3.96. The second kappa shape index (κ2) is 4.16. The standard InChI is InChI=1S/C11H15NO3/c1-11(2)14-8-10(15-11)7-13-9-4-3-5-12-6-9/h3-6,10H,7-8H2,1-2H3/t10-/m1/s1. The Labute approximate surface area is 89.2 Å². The van der Waals surface area contributed by atoms with Crippen molar-refractivity contribution in [1.29, 1.82) is 0 Å². The number of pyridine rings is 1. The van der Waals surface area contributed by atoms with Crippen LogP contribution in [0.5, 0.6) is 5.75 Å². The normalized spacial score (nSPS) is 24.0. The molecule has 1 aromatic rings. The number of hydrogen-bond donors (Lipinski definition) is 0. The van der Waals surface area contributed by atoms with Gasteiger partial charge in [0.05, 0.1) is 12.8 Å². The molecule has 0 aromatic carbocycles. The van der Waals surface area contributed by atoms with Crippen LogP contribution in [0.2, 0.25) is 0 Å². The van der Waals surface area contributed by atoms with Crippen LogP contribution in [-0.2, 0) is 9.47 Å². The molecule has 1 aliphatic heterocycles. The summed E-state index contributed by atoms with van der Waals surface area (Å²) in [6.07, 6.45) is 3.40. The van der Waals surface area contributed by atoms with Crippen LogP contribution in [-0.4, -0.2) is 30.1 Å². The first kappa shape index (κ1) is 10.4. The minimum atomic E-state index is -0.483. The predicted molar refractivity (Wildman–Crippen MR) is 54.6 cm³/mol. The van der Waals surface area contributed by atoms with Crippen molar-refractivity contribution in [3.8, 4) is 5.75 Å². The van der Waals surface area contributed by atoms with Gasteiger partial charge in [-0.1, -0.05) is 0 Å². The first-order valence-electron chi connectivity index (χ1n) is 5.00. The SMILES string of the molecule is CC1(C)OC[C@@H](COc2cccnc2)O1. The van der Waals surface area contributed by atoms with Gasteiger partial charge in [-0.15, -0.1) is 0 Å². The van der Waals surface area contributed by atoms with Crippen LogP contribution in [0.15, 0.2) is 24.5 Å². The topological polar surface area (TPSA) is 40.6 Å². The number of aromatic nitrogens is 1. The zero-order valence-corrected chi connectivity index (χ0v) is 8.97. The van der Waals surface area contributed by atoms with E-state index in [4.69, 9.17) is 14.2 Å². The zero-order valence-electron chi connectivity index (χ0n) is 8.97. The molecule has 82 valence electrons. The van der Waals surface area contributed by atoms with E-state index in [2.05, 4.69) is 4.98 Å². The lowest BCUT2D eigenvalue weighted by atomic mass is 10.4. The van der Waals surface area contributed by atoms with Gasteiger partial charge in [-0.25, -0.2) is 0 Å². The second-order valence-electron chi connectivity index (χ2n) is 3.95. The van der Waals surface area contributed by atoms with E-state index in [1.807, 2.05) is 26.0 Å². The zero-order chi connectivity index (χ0) is 10.7. The van der Waals surface area contributed by atoms with Gasteiger partial charge in [0.25, 0.3) is 0 Å². The van der Waals surface area contributed by atoms with Gasteiger partial charge in [-0.2, -0.15) is 0 Å².